The van der Waals surface area contributed by atoms with E-state index in [0.717, 1.165) is 12.8 Å². The maximum atomic E-state index is 9.23. The third kappa shape index (κ3) is 3.74. The van der Waals surface area contributed by atoms with Gasteiger partial charge in [-0.1, -0.05) is 19.1 Å². The van der Waals surface area contributed by atoms with Gasteiger partial charge in [-0.25, -0.2) is 0 Å². The van der Waals surface area contributed by atoms with Gasteiger partial charge in [0.25, 0.3) is 0 Å². The van der Waals surface area contributed by atoms with Gasteiger partial charge in [-0.2, -0.15) is 0 Å². The van der Waals surface area contributed by atoms with Crippen molar-refractivity contribution < 1.29 is 5.11 Å². The smallest absolute Gasteiger partial charge is 0.115 e. The summed E-state index contributed by atoms with van der Waals surface area (Å²) < 4.78 is 0. The molecule has 100 valence electrons. The SMILES string of the molecule is CCC1(CNC(C)CCc2ccc(O)cc2)CC1. The molecule has 0 radical (unpaired) electrons. The van der Waals surface area contributed by atoms with E-state index in [2.05, 4.69) is 19.2 Å². The molecule has 1 aliphatic rings. The van der Waals surface area contributed by atoms with Crippen LogP contribution in [0.5, 0.6) is 5.75 Å². The van der Waals surface area contributed by atoms with E-state index >= 15 is 0 Å². The molecule has 0 heterocycles. The van der Waals surface area contributed by atoms with Gasteiger partial charge in [0.15, 0.2) is 0 Å². The number of phenols is 1. The summed E-state index contributed by atoms with van der Waals surface area (Å²) in [7, 11) is 0. The molecule has 0 spiro atoms. The van der Waals surface area contributed by atoms with Crippen LogP contribution >= 0.6 is 0 Å². The van der Waals surface area contributed by atoms with Gasteiger partial charge in [-0.3, -0.25) is 0 Å². The molecule has 2 heteroatoms. The van der Waals surface area contributed by atoms with E-state index in [9.17, 15) is 5.11 Å². The second-order valence-electron chi connectivity index (χ2n) is 5.84. The summed E-state index contributed by atoms with van der Waals surface area (Å²) >= 11 is 0. The minimum atomic E-state index is 0.351. The highest BCUT2D eigenvalue weighted by Crippen LogP contribution is 2.47. The van der Waals surface area contributed by atoms with E-state index in [0.29, 0.717) is 17.2 Å². The van der Waals surface area contributed by atoms with Crippen LogP contribution in [0.1, 0.15) is 45.1 Å². The fourth-order valence-corrected chi connectivity index (χ4v) is 2.37. The highest BCUT2D eigenvalue weighted by atomic mass is 16.3. The molecule has 0 aliphatic heterocycles. The second-order valence-corrected chi connectivity index (χ2v) is 5.84. The molecule has 0 aromatic heterocycles. The van der Waals surface area contributed by atoms with Crippen LogP contribution in [0.3, 0.4) is 0 Å². The van der Waals surface area contributed by atoms with Crippen molar-refractivity contribution in [3.8, 4) is 5.75 Å². The largest absolute Gasteiger partial charge is 0.508 e. The molecule has 1 aromatic rings. The Bertz CT molecular complexity index is 367. The Hall–Kier alpha value is -1.02. The molecule has 2 nitrogen and oxygen atoms in total. The maximum Gasteiger partial charge on any atom is 0.115 e. The number of rotatable bonds is 7. The Morgan fingerprint density at radius 3 is 2.50 bits per heavy atom. The number of nitrogens with one attached hydrogen (secondary N) is 1. The van der Waals surface area contributed by atoms with Crippen molar-refractivity contribution in [1.82, 2.24) is 5.32 Å². The van der Waals surface area contributed by atoms with Crippen LogP contribution in [-0.4, -0.2) is 17.7 Å². The molecule has 2 N–H and O–H groups in total. The number of phenolic OH excluding ortho intramolecular Hbond substituents is 1. The zero-order chi connectivity index (χ0) is 13.0. The van der Waals surface area contributed by atoms with E-state index in [1.807, 2.05) is 12.1 Å². The number of aryl methyl sites for hydroxylation is 1. The monoisotopic (exact) mass is 247 g/mol. The minimum absolute atomic E-state index is 0.351. The average molecular weight is 247 g/mol. The second kappa shape index (κ2) is 5.75. The van der Waals surface area contributed by atoms with Crippen molar-refractivity contribution in [2.24, 2.45) is 5.41 Å². The van der Waals surface area contributed by atoms with Gasteiger partial charge in [0.2, 0.25) is 0 Å². The Balaban J connectivity index is 1.68. The highest BCUT2D eigenvalue weighted by Gasteiger charge is 2.40. The lowest BCUT2D eigenvalue weighted by Gasteiger charge is -2.18. The summed E-state index contributed by atoms with van der Waals surface area (Å²) in [5.41, 5.74) is 1.94. The summed E-state index contributed by atoms with van der Waals surface area (Å²) in [5, 5.41) is 12.9. The van der Waals surface area contributed by atoms with Gasteiger partial charge >= 0.3 is 0 Å². The van der Waals surface area contributed by atoms with E-state index in [1.165, 1.54) is 31.4 Å². The molecule has 1 unspecified atom stereocenters. The molecule has 0 saturated heterocycles. The zero-order valence-electron chi connectivity index (χ0n) is 11.6. The van der Waals surface area contributed by atoms with E-state index in [-0.39, 0.29) is 0 Å². The van der Waals surface area contributed by atoms with Gasteiger partial charge in [0, 0.05) is 12.6 Å². The van der Waals surface area contributed by atoms with Gasteiger partial charge in [-0.05, 0) is 62.1 Å². The van der Waals surface area contributed by atoms with Crippen LogP contribution < -0.4 is 5.32 Å². The van der Waals surface area contributed by atoms with Gasteiger partial charge in [-0.15, -0.1) is 0 Å². The quantitative estimate of drug-likeness (QED) is 0.773. The first-order chi connectivity index (χ1) is 8.63. The van der Waals surface area contributed by atoms with Crippen molar-refractivity contribution >= 4 is 0 Å². The van der Waals surface area contributed by atoms with Crippen LogP contribution in [0.15, 0.2) is 24.3 Å². The number of hydrogen-bond donors (Lipinski definition) is 2. The fourth-order valence-electron chi connectivity index (χ4n) is 2.37. The van der Waals surface area contributed by atoms with Crippen molar-refractivity contribution in [3.63, 3.8) is 0 Å². The molecule has 1 aromatic carbocycles. The van der Waals surface area contributed by atoms with Crippen LogP contribution in [0.25, 0.3) is 0 Å². The summed E-state index contributed by atoms with van der Waals surface area (Å²) in [6, 6.07) is 8.13. The van der Waals surface area contributed by atoms with E-state index in [4.69, 9.17) is 0 Å². The molecular formula is C16H25NO. The summed E-state index contributed by atoms with van der Waals surface area (Å²) in [5.74, 6) is 0.351. The number of benzene rings is 1. The molecule has 2 rings (SSSR count). The average Bonchev–Trinajstić information content (AvgIpc) is 3.16. The van der Waals surface area contributed by atoms with E-state index < -0.39 is 0 Å². The number of aromatic hydroxyl groups is 1. The molecular weight excluding hydrogens is 222 g/mol. The molecule has 0 amide bonds. The highest BCUT2D eigenvalue weighted by molar-refractivity contribution is 5.25. The lowest BCUT2D eigenvalue weighted by molar-refractivity contribution is 0.400. The summed E-state index contributed by atoms with van der Waals surface area (Å²) in [6.45, 7) is 5.75. The van der Waals surface area contributed by atoms with Crippen LogP contribution in [-0.2, 0) is 6.42 Å². The third-order valence-corrected chi connectivity index (χ3v) is 4.33. The van der Waals surface area contributed by atoms with Crippen molar-refractivity contribution in [3.05, 3.63) is 29.8 Å². The van der Waals surface area contributed by atoms with Crippen molar-refractivity contribution in [2.45, 2.75) is 52.0 Å². The third-order valence-electron chi connectivity index (χ3n) is 4.33. The fraction of sp³-hybridized carbons (Fsp3) is 0.625. The molecule has 1 fully saturated rings. The van der Waals surface area contributed by atoms with Gasteiger partial charge in [0.1, 0.15) is 5.75 Å². The lowest BCUT2D eigenvalue weighted by Crippen LogP contribution is -2.32. The molecule has 1 saturated carbocycles. The predicted molar refractivity (Wildman–Crippen MR) is 75.9 cm³/mol. The standard InChI is InChI=1S/C16H25NO/c1-3-16(10-11-16)12-17-13(2)4-5-14-6-8-15(18)9-7-14/h6-9,13,17-18H,3-5,10-12H2,1-2H3. The van der Waals surface area contributed by atoms with Crippen LogP contribution in [0.4, 0.5) is 0 Å². The molecule has 1 aliphatic carbocycles. The van der Waals surface area contributed by atoms with Crippen molar-refractivity contribution in [2.75, 3.05) is 6.54 Å². The van der Waals surface area contributed by atoms with Gasteiger partial charge in [0.05, 0.1) is 0 Å². The summed E-state index contributed by atoms with van der Waals surface area (Å²) in [6.07, 6.45) is 6.35. The zero-order valence-corrected chi connectivity index (χ0v) is 11.6. The topological polar surface area (TPSA) is 32.3 Å². The maximum absolute atomic E-state index is 9.23. The molecule has 1 atom stereocenters. The Morgan fingerprint density at radius 1 is 1.28 bits per heavy atom. The first-order valence-corrected chi connectivity index (χ1v) is 7.15. The first-order valence-electron chi connectivity index (χ1n) is 7.15. The first kappa shape index (κ1) is 13.4. The van der Waals surface area contributed by atoms with E-state index in [1.54, 1.807) is 12.1 Å². The van der Waals surface area contributed by atoms with Gasteiger partial charge < -0.3 is 10.4 Å². The normalized spacial score (nSPS) is 18.6. The molecule has 18 heavy (non-hydrogen) atoms. The lowest BCUT2D eigenvalue weighted by atomic mass is 10.0. The van der Waals surface area contributed by atoms with Crippen molar-refractivity contribution in [1.29, 1.82) is 0 Å². The Kier molecular flexibility index (Phi) is 4.28. The number of hydrogen-bond acceptors (Lipinski definition) is 2. The summed E-state index contributed by atoms with van der Waals surface area (Å²) in [4.78, 5) is 0. The Labute approximate surface area is 110 Å². The molecule has 0 bridgehead atoms. The predicted octanol–water partition coefficient (Wildman–Crippen LogP) is 3.49. The minimum Gasteiger partial charge on any atom is -0.508 e. The Morgan fingerprint density at radius 2 is 1.94 bits per heavy atom. The van der Waals surface area contributed by atoms with Crippen LogP contribution in [0, 0.1) is 5.41 Å². The van der Waals surface area contributed by atoms with Crippen LogP contribution in [0.2, 0.25) is 0 Å².